The second-order valence-electron chi connectivity index (χ2n) is 5.25. The highest BCUT2D eigenvalue weighted by Crippen LogP contribution is 2.21. The summed E-state index contributed by atoms with van der Waals surface area (Å²) >= 11 is 0. The first-order valence-corrected chi connectivity index (χ1v) is 6.70. The molecule has 6 nitrogen and oxygen atoms in total. The van der Waals surface area contributed by atoms with Gasteiger partial charge in [0.15, 0.2) is 0 Å². The van der Waals surface area contributed by atoms with E-state index in [2.05, 4.69) is 15.3 Å². The third kappa shape index (κ3) is 3.92. The van der Waals surface area contributed by atoms with Crippen molar-refractivity contribution in [1.29, 1.82) is 0 Å². The summed E-state index contributed by atoms with van der Waals surface area (Å²) in [5, 5.41) is 3.63. The van der Waals surface area contributed by atoms with Crippen molar-refractivity contribution in [2.45, 2.75) is 20.3 Å². The van der Waals surface area contributed by atoms with E-state index in [4.69, 9.17) is 5.73 Å². The number of rotatable bonds is 5. The first-order valence-electron chi connectivity index (χ1n) is 6.70. The lowest BCUT2D eigenvalue weighted by Gasteiger charge is -2.07. The number of carbonyl (C=O) groups excluding carboxylic acids is 2. The van der Waals surface area contributed by atoms with Crippen molar-refractivity contribution >= 4 is 34.6 Å². The Morgan fingerprint density at radius 1 is 1.48 bits per heavy atom. The van der Waals surface area contributed by atoms with E-state index in [0.29, 0.717) is 23.7 Å². The van der Waals surface area contributed by atoms with Crippen LogP contribution in [0.4, 0.5) is 5.69 Å². The molecule has 6 heteroatoms. The van der Waals surface area contributed by atoms with Crippen LogP contribution in [0.25, 0.3) is 17.1 Å². The highest BCUT2D eigenvalue weighted by atomic mass is 16.1. The summed E-state index contributed by atoms with van der Waals surface area (Å²) < 4.78 is 0. The molecule has 0 aliphatic heterocycles. The lowest BCUT2D eigenvalue weighted by atomic mass is 10.1. The molecule has 0 spiro atoms. The summed E-state index contributed by atoms with van der Waals surface area (Å²) in [4.78, 5) is 29.8. The van der Waals surface area contributed by atoms with Gasteiger partial charge in [-0.15, -0.1) is 0 Å². The van der Waals surface area contributed by atoms with Gasteiger partial charge in [-0.1, -0.05) is 13.8 Å². The predicted molar refractivity (Wildman–Crippen MR) is 82.4 cm³/mol. The van der Waals surface area contributed by atoms with Gasteiger partial charge in [0.05, 0.1) is 11.9 Å². The van der Waals surface area contributed by atoms with Crippen LogP contribution in [-0.2, 0) is 9.59 Å². The minimum atomic E-state index is -0.515. The molecule has 0 fully saturated rings. The molecule has 0 aromatic carbocycles. The maximum Gasteiger partial charge on any atom is 0.241 e. The van der Waals surface area contributed by atoms with Crippen molar-refractivity contribution in [2.24, 2.45) is 11.7 Å². The van der Waals surface area contributed by atoms with E-state index in [-0.39, 0.29) is 5.91 Å². The Kier molecular flexibility index (Phi) is 4.37. The number of nitrogens with two attached hydrogens (primary N) is 1. The van der Waals surface area contributed by atoms with Crippen LogP contribution >= 0.6 is 0 Å². The molecule has 0 radical (unpaired) electrons. The van der Waals surface area contributed by atoms with Gasteiger partial charge in [0, 0.05) is 29.6 Å². The Labute approximate surface area is 122 Å². The Balaban J connectivity index is 2.25. The number of hydrogen-bond donors (Lipinski definition) is 3. The molecule has 4 N–H and O–H groups in total. The fourth-order valence-electron chi connectivity index (χ4n) is 1.98. The molecule has 0 aliphatic carbocycles. The fourth-order valence-corrected chi connectivity index (χ4v) is 1.98. The molecule has 0 unspecified atom stereocenters. The molecule has 0 bridgehead atoms. The van der Waals surface area contributed by atoms with Crippen LogP contribution in [0.5, 0.6) is 0 Å². The van der Waals surface area contributed by atoms with Crippen molar-refractivity contribution in [2.75, 3.05) is 5.32 Å². The molecule has 0 aliphatic rings. The second kappa shape index (κ2) is 6.21. The molecule has 0 atom stereocenters. The van der Waals surface area contributed by atoms with E-state index in [1.54, 1.807) is 18.5 Å². The van der Waals surface area contributed by atoms with Crippen molar-refractivity contribution in [3.63, 3.8) is 0 Å². The zero-order valence-electron chi connectivity index (χ0n) is 12.0. The molecule has 2 heterocycles. The summed E-state index contributed by atoms with van der Waals surface area (Å²) in [5.41, 5.74) is 7.18. The van der Waals surface area contributed by atoms with E-state index in [0.717, 1.165) is 10.9 Å². The number of nitrogens with one attached hydrogen (secondary N) is 2. The van der Waals surface area contributed by atoms with E-state index in [1.165, 1.54) is 6.08 Å². The number of nitrogens with zero attached hydrogens (tertiary/aromatic N) is 1. The summed E-state index contributed by atoms with van der Waals surface area (Å²) in [7, 11) is 0. The Bertz CT molecular complexity index is 701. The lowest BCUT2D eigenvalue weighted by molar-refractivity contribution is -0.117. The molecule has 2 rings (SSSR count). The van der Waals surface area contributed by atoms with E-state index in [1.807, 2.05) is 19.9 Å². The van der Waals surface area contributed by atoms with Gasteiger partial charge in [0.1, 0.15) is 5.65 Å². The SMILES string of the molecule is CC(C)CC(=O)Nc1cnc2[nH]cc(C=CC(N)=O)c2c1. The van der Waals surface area contributed by atoms with Gasteiger partial charge in [-0.05, 0) is 18.1 Å². The number of H-pyrrole nitrogens is 1. The summed E-state index contributed by atoms with van der Waals surface area (Å²) in [6, 6.07) is 1.82. The molecular formula is C15H18N4O2. The highest BCUT2D eigenvalue weighted by molar-refractivity contribution is 5.97. The molecular weight excluding hydrogens is 268 g/mol. The molecule has 0 saturated carbocycles. The fraction of sp³-hybridized carbons (Fsp3) is 0.267. The monoisotopic (exact) mass is 286 g/mol. The topological polar surface area (TPSA) is 101 Å². The average molecular weight is 286 g/mol. The van der Waals surface area contributed by atoms with Crippen LogP contribution in [0.15, 0.2) is 24.5 Å². The first-order chi connectivity index (χ1) is 9.95. The molecule has 21 heavy (non-hydrogen) atoms. The smallest absolute Gasteiger partial charge is 0.241 e. The number of carbonyl (C=O) groups is 2. The average Bonchev–Trinajstić information content (AvgIpc) is 2.77. The van der Waals surface area contributed by atoms with E-state index < -0.39 is 5.91 Å². The molecule has 2 aromatic heterocycles. The van der Waals surface area contributed by atoms with Crippen molar-refractivity contribution in [1.82, 2.24) is 9.97 Å². The Hall–Kier alpha value is -2.63. The Morgan fingerprint density at radius 2 is 2.24 bits per heavy atom. The van der Waals surface area contributed by atoms with Gasteiger partial charge >= 0.3 is 0 Å². The van der Waals surface area contributed by atoms with Crippen LogP contribution < -0.4 is 11.1 Å². The number of hydrogen-bond acceptors (Lipinski definition) is 3. The number of pyridine rings is 1. The van der Waals surface area contributed by atoms with Crippen LogP contribution in [0.2, 0.25) is 0 Å². The molecule has 2 amide bonds. The predicted octanol–water partition coefficient (Wildman–Crippen LogP) is 2.05. The largest absolute Gasteiger partial charge is 0.366 e. The van der Waals surface area contributed by atoms with Crippen molar-refractivity contribution in [3.8, 4) is 0 Å². The zero-order chi connectivity index (χ0) is 15.4. The molecule has 2 aromatic rings. The number of amides is 2. The van der Waals surface area contributed by atoms with Crippen LogP contribution in [-0.4, -0.2) is 21.8 Å². The summed E-state index contributed by atoms with van der Waals surface area (Å²) in [6.45, 7) is 3.97. The molecule has 110 valence electrons. The lowest BCUT2D eigenvalue weighted by Crippen LogP contribution is -2.13. The van der Waals surface area contributed by atoms with Gasteiger partial charge in [0.2, 0.25) is 11.8 Å². The number of fused-ring (bicyclic) bond motifs is 1. The number of anilines is 1. The highest BCUT2D eigenvalue weighted by Gasteiger charge is 2.08. The van der Waals surface area contributed by atoms with Gasteiger partial charge in [-0.2, -0.15) is 0 Å². The normalized spacial score (nSPS) is 11.4. The van der Waals surface area contributed by atoms with Crippen LogP contribution in [0.3, 0.4) is 0 Å². The maximum atomic E-state index is 11.8. The number of aromatic amines is 1. The number of primary amides is 1. The summed E-state index contributed by atoms with van der Waals surface area (Å²) in [5.74, 6) is -0.266. The third-order valence-corrected chi connectivity index (χ3v) is 2.87. The quantitative estimate of drug-likeness (QED) is 0.733. The third-order valence-electron chi connectivity index (χ3n) is 2.87. The molecule has 0 saturated heterocycles. The summed E-state index contributed by atoms with van der Waals surface area (Å²) in [6.07, 6.45) is 6.68. The Morgan fingerprint density at radius 3 is 2.90 bits per heavy atom. The second-order valence-corrected chi connectivity index (χ2v) is 5.25. The van der Waals surface area contributed by atoms with E-state index in [9.17, 15) is 9.59 Å². The van der Waals surface area contributed by atoms with Crippen molar-refractivity contribution < 1.29 is 9.59 Å². The minimum Gasteiger partial charge on any atom is -0.366 e. The maximum absolute atomic E-state index is 11.8. The first kappa shape index (κ1) is 14.8. The van der Waals surface area contributed by atoms with Crippen LogP contribution in [0, 0.1) is 5.92 Å². The van der Waals surface area contributed by atoms with Gasteiger partial charge in [-0.25, -0.2) is 4.98 Å². The standard InChI is InChI=1S/C15H18N4O2/c1-9(2)5-14(21)19-11-6-12-10(3-4-13(16)20)7-17-15(12)18-8-11/h3-4,6-9H,5H2,1-2H3,(H2,16,20)(H,17,18)(H,19,21). The van der Waals surface area contributed by atoms with E-state index >= 15 is 0 Å². The number of aromatic nitrogens is 2. The van der Waals surface area contributed by atoms with Gasteiger partial charge in [0.25, 0.3) is 0 Å². The van der Waals surface area contributed by atoms with Gasteiger partial charge in [-0.3, -0.25) is 9.59 Å². The van der Waals surface area contributed by atoms with Gasteiger partial charge < -0.3 is 16.0 Å². The van der Waals surface area contributed by atoms with Crippen molar-refractivity contribution in [3.05, 3.63) is 30.1 Å². The zero-order valence-corrected chi connectivity index (χ0v) is 12.0. The van der Waals surface area contributed by atoms with Crippen LogP contribution in [0.1, 0.15) is 25.8 Å². The minimum absolute atomic E-state index is 0.0455.